The van der Waals surface area contributed by atoms with Crippen molar-refractivity contribution in [2.45, 2.75) is 32.3 Å². The third kappa shape index (κ3) is 9.63. The van der Waals surface area contributed by atoms with Gasteiger partial charge in [-0.2, -0.15) is 0 Å². The van der Waals surface area contributed by atoms with Gasteiger partial charge in [-0.05, 0) is 38.8 Å². The smallest absolute Gasteiger partial charge is 0.191 e. The summed E-state index contributed by atoms with van der Waals surface area (Å²) >= 11 is 0. The topological polar surface area (TPSA) is 58.1 Å². The van der Waals surface area contributed by atoms with Gasteiger partial charge in [0.2, 0.25) is 0 Å². The molecular formula is C22H39IN4O2. The molecule has 1 aromatic rings. The molecule has 0 aliphatic carbocycles. The molecule has 2 rings (SSSR count). The maximum absolute atomic E-state index is 6.12. The van der Waals surface area contributed by atoms with Gasteiger partial charge in [0.05, 0.1) is 6.10 Å². The zero-order valence-electron chi connectivity index (χ0n) is 18.4. The Morgan fingerprint density at radius 3 is 2.69 bits per heavy atom. The zero-order chi connectivity index (χ0) is 20.2. The van der Waals surface area contributed by atoms with Gasteiger partial charge in [-0.3, -0.25) is 4.99 Å². The van der Waals surface area contributed by atoms with Gasteiger partial charge in [-0.25, -0.2) is 0 Å². The minimum Gasteiger partial charge on any atom is -0.385 e. The zero-order valence-corrected chi connectivity index (χ0v) is 20.8. The van der Waals surface area contributed by atoms with Gasteiger partial charge in [0.15, 0.2) is 5.96 Å². The number of aliphatic imine (C=N–C) groups is 1. The first-order valence-corrected chi connectivity index (χ1v) is 10.4. The van der Waals surface area contributed by atoms with Crippen LogP contribution in [0.25, 0.3) is 0 Å². The van der Waals surface area contributed by atoms with Crippen LogP contribution in [-0.2, 0) is 9.47 Å². The number of aryl methyl sites for hydroxylation is 1. The second-order valence-electron chi connectivity index (χ2n) is 7.63. The van der Waals surface area contributed by atoms with E-state index in [4.69, 9.17) is 9.47 Å². The molecule has 2 unspecified atom stereocenters. The number of benzene rings is 1. The van der Waals surface area contributed by atoms with Crippen molar-refractivity contribution < 1.29 is 9.47 Å². The number of methoxy groups -OCH3 is 1. The Kier molecular flexibility index (Phi) is 13.5. The van der Waals surface area contributed by atoms with Crippen molar-refractivity contribution in [3.63, 3.8) is 0 Å². The maximum Gasteiger partial charge on any atom is 0.191 e. The predicted molar refractivity (Wildman–Crippen MR) is 131 cm³/mol. The Hall–Kier alpha value is -0.900. The van der Waals surface area contributed by atoms with Crippen LogP contribution >= 0.6 is 24.0 Å². The lowest BCUT2D eigenvalue weighted by molar-refractivity contribution is -0.0265. The van der Waals surface area contributed by atoms with Crippen LogP contribution in [0.15, 0.2) is 29.3 Å². The lowest BCUT2D eigenvalue weighted by Crippen LogP contribution is -2.44. The van der Waals surface area contributed by atoms with Gasteiger partial charge in [0, 0.05) is 59.5 Å². The number of nitrogens with one attached hydrogen (secondary N) is 2. The molecule has 1 saturated heterocycles. The molecule has 0 radical (unpaired) electrons. The van der Waals surface area contributed by atoms with Crippen molar-refractivity contribution in [1.29, 1.82) is 0 Å². The molecular weight excluding hydrogens is 479 g/mol. The summed E-state index contributed by atoms with van der Waals surface area (Å²) < 4.78 is 11.2. The van der Waals surface area contributed by atoms with Crippen LogP contribution in [0.1, 0.15) is 36.5 Å². The molecule has 29 heavy (non-hydrogen) atoms. The van der Waals surface area contributed by atoms with Crippen molar-refractivity contribution in [3.8, 4) is 0 Å². The van der Waals surface area contributed by atoms with E-state index in [9.17, 15) is 0 Å². The summed E-state index contributed by atoms with van der Waals surface area (Å²) in [6, 6.07) is 8.73. The van der Waals surface area contributed by atoms with E-state index in [1.165, 1.54) is 17.5 Å². The second kappa shape index (κ2) is 15.0. The van der Waals surface area contributed by atoms with Crippen molar-refractivity contribution in [3.05, 3.63) is 35.4 Å². The van der Waals surface area contributed by atoms with Crippen LogP contribution in [-0.4, -0.2) is 71.5 Å². The molecule has 1 aliphatic rings. The van der Waals surface area contributed by atoms with E-state index in [1.54, 1.807) is 7.11 Å². The average Bonchev–Trinajstić information content (AvgIpc) is 2.71. The summed E-state index contributed by atoms with van der Waals surface area (Å²) in [6.45, 7) is 7.52. The third-order valence-corrected chi connectivity index (χ3v) is 5.28. The van der Waals surface area contributed by atoms with E-state index in [0.717, 1.165) is 58.2 Å². The summed E-state index contributed by atoms with van der Waals surface area (Å²) in [4.78, 5) is 6.68. The second-order valence-corrected chi connectivity index (χ2v) is 7.63. The monoisotopic (exact) mass is 518 g/mol. The number of hydrogen-bond donors (Lipinski definition) is 2. The van der Waals surface area contributed by atoms with Crippen molar-refractivity contribution >= 4 is 29.9 Å². The summed E-state index contributed by atoms with van der Waals surface area (Å²) in [5.74, 6) is 1.31. The number of likely N-dealkylation sites (N-methyl/N-ethyl adjacent to an activating group) is 1. The van der Waals surface area contributed by atoms with Crippen LogP contribution in [0.3, 0.4) is 0 Å². The number of rotatable bonds is 10. The van der Waals surface area contributed by atoms with Gasteiger partial charge in [0.25, 0.3) is 0 Å². The van der Waals surface area contributed by atoms with Crippen LogP contribution in [0.5, 0.6) is 0 Å². The van der Waals surface area contributed by atoms with Crippen LogP contribution in [0.2, 0.25) is 0 Å². The molecule has 0 amide bonds. The molecule has 0 aromatic heterocycles. The molecule has 7 heteroatoms. The highest BCUT2D eigenvalue weighted by Gasteiger charge is 2.27. The molecule has 166 valence electrons. The van der Waals surface area contributed by atoms with Crippen molar-refractivity contribution in [2.75, 3.05) is 60.6 Å². The van der Waals surface area contributed by atoms with Crippen LogP contribution < -0.4 is 10.6 Å². The highest BCUT2D eigenvalue weighted by Crippen LogP contribution is 2.33. The Morgan fingerprint density at radius 1 is 1.24 bits per heavy atom. The van der Waals surface area contributed by atoms with Gasteiger partial charge in [0.1, 0.15) is 0 Å². The summed E-state index contributed by atoms with van der Waals surface area (Å²) in [7, 11) is 5.71. The molecule has 0 bridgehead atoms. The Bertz CT molecular complexity index is 583. The lowest BCUT2D eigenvalue weighted by atomic mass is 9.89. The standard InChI is InChI=1S/C22H38N4O2.HI/c1-18-8-10-19(11-9-18)21-20(7-5-16-28-21)17-25-22(23-2)24-12-14-26(3)13-6-15-27-4;/h8-11,20-21H,5-7,12-17H2,1-4H3,(H2,23,24,25);1H. The van der Waals surface area contributed by atoms with Gasteiger partial charge in [-0.15, -0.1) is 24.0 Å². The molecule has 1 heterocycles. The van der Waals surface area contributed by atoms with Gasteiger partial charge < -0.3 is 25.0 Å². The molecule has 0 spiro atoms. The van der Waals surface area contributed by atoms with E-state index in [0.29, 0.717) is 5.92 Å². The first-order valence-electron chi connectivity index (χ1n) is 10.4. The Balaban J connectivity index is 0.00000420. The third-order valence-electron chi connectivity index (χ3n) is 5.28. The van der Waals surface area contributed by atoms with E-state index in [1.807, 2.05) is 7.05 Å². The van der Waals surface area contributed by atoms with E-state index < -0.39 is 0 Å². The fourth-order valence-electron chi connectivity index (χ4n) is 3.58. The van der Waals surface area contributed by atoms with Crippen molar-refractivity contribution in [1.82, 2.24) is 15.5 Å². The minimum atomic E-state index is 0. The quantitative estimate of drug-likeness (QED) is 0.216. The van der Waals surface area contributed by atoms with E-state index in [2.05, 4.69) is 58.8 Å². The summed E-state index contributed by atoms with van der Waals surface area (Å²) in [5, 5.41) is 6.91. The predicted octanol–water partition coefficient (Wildman–Crippen LogP) is 3.21. The first kappa shape index (κ1) is 26.1. The highest BCUT2D eigenvalue weighted by atomic mass is 127. The molecule has 1 fully saturated rings. The number of hydrogen-bond acceptors (Lipinski definition) is 4. The fourth-order valence-corrected chi connectivity index (χ4v) is 3.58. The van der Waals surface area contributed by atoms with Crippen LogP contribution in [0.4, 0.5) is 0 Å². The molecule has 1 aromatic carbocycles. The van der Waals surface area contributed by atoms with E-state index >= 15 is 0 Å². The molecule has 2 atom stereocenters. The van der Waals surface area contributed by atoms with Crippen molar-refractivity contribution in [2.24, 2.45) is 10.9 Å². The fraction of sp³-hybridized carbons (Fsp3) is 0.682. The highest BCUT2D eigenvalue weighted by molar-refractivity contribution is 14.0. The Labute approximate surface area is 193 Å². The molecule has 2 N–H and O–H groups in total. The maximum atomic E-state index is 6.12. The van der Waals surface area contributed by atoms with Gasteiger partial charge >= 0.3 is 0 Å². The molecule has 0 saturated carbocycles. The lowest BCUT2D eigenvalue weighted by Gasteiger charge is -2.32. The number of nitrogens with zero attached hydrogens (tertiary/aromatic N) is 2. The van der Waals surface area contributed by atoms with Crippen LogP contribution in [0, 0.1) is 12.8 Å². The minimum absolute atomic E-state index is 0. The summed E-state index contributed by atoms with van der Waals surface area (Å²) in [5.41, 5.74) is 2.56. The Morgan fingerprint density at radius 2 is 2.00 bits per heavy atom. The van der Waals surface area contributed by atoms with E-state index in [-0.39, 0.29) is 30.1 Å². The number of guanidine groups is 1. The molecule has 6 nitrogen and oxygen atoms in total. The largest absolute Gasteiger partial charge is 0.385 e. The number of ether oxygens (including phenoxy) is 2. The summed E-state index contributed by atoms with van der Waals surface area (Å²) in [6.07, 6.45) is 3.51. The molecule has 1 aliphatic heterocycles. The van der Waals surface area contributed by atoms with Gasteiger partial charge in [-0.1, -0.05) is 29.8 Å². The number of halogens is 1. The SMILES string of the molecule is CN=C(NCCN(C)CCCOC)NCC1CCCOC1c1ccc(C)cc1.I. The normalized spacial score (nSPS) is 19.7. The first-order chi connectivity index (χ1) is 13.6. The average molecular weight is 518 g/mol.